The fraction of sp³-hybridized carbons (Fsp3) is 0.556. The van der Waals surface area contributed by atoms with Crippen molar-refractivity contribution in [3.8, 4) is 0 Å². The highest BCUT2D eigenvalue weighted by Gasteiger charge is 2.36. The lowest BCUT2D eigenvalue weighted by atomic mass is 9.78. The Hall–Kier alpha value is -2.04. The molecule has 1 aromatic rings. The number of hydrogen-bond acceptors (Lipinski definition) is 2. The zero-order valence-corrected chi connectivity index (χ0v) is 14.0. The Morgan fingerprint density at radius 1 is 1.30 bits per heavy atom. The molecule has 126 valence electrons. The molecule has 0 spiro atoms. The van der Waals surface area contributed by atoms with E-state index in [4.69, 9.17) is 5.11 Å². The second-order valence-corrected chi connectivity index (χ2v) is 6.58. The van der Waals surface area contributed by atoms with Crippen LogP contribution in [0.2, 0.25) is 0 Å². The molecule has 23 heavy (non-hydrogen) atoms. The molecule has 1 aromatic carbocycles. The van der Waals surface area contributed by atoms with E-state index in [9.17, 15) is 9.59 Å². The van der Waals surface area contributed by atoms with Crippen molar-refractivity contribution in [2.75, 3.05) is 20.1 Å². The van der Waals surface area contributed by atoms with Gasteiger partial charge >= 0.3 is 12.0 Å². The molecule has 1 saturated carbocycles. The number of benzene rings is 1. The molecule has 0 heterocycles. The van der Waals surface area contributed by atoms with Crippen LogP contribution in [-0.2, 0) is 10.2 Å². The molecule has 0 aliphatic heterocycles. The number of nitrogens with zero attached hydrogens (tertiary/aromatic N) is 1. The lowest BCUT2D eigenvalue weighted by Gasteiger charge is -2.31. The summed E-state index contributed by atoms with van der Waals surface area (Å²) in [6, 6.07) is 8.32. The summed E-state index contributed by atoms with van der Waals surface area (Å²) in [6.07, 6.45) is 4.48. The van der Waals surface area contributed by atoms with Crippen molar-refractivity contribution in [3.05, 3.63) is 35.4 Å². The van der Waals surface area contributed by atoms with E-state index >= 15 is 0 Å². The van der Waals surface area contributed by atoms with E-state index in [1.165, 1.54) is 28.9 Å². The molecule has 0 saturated heterocycles. The summed E-state index contributed by atoms with van der Waals surface area (Å²) in [5, 5.41) is 11.7. The third-order valence-corrected chi connectivity index (χ3v) is 4.78. The predicted molar refractivity (Wildman–Crippen MR) is 89.6 cm³/mol. The van der Waals surface area contributed by atoms with E-state index in [0.29, 0.717) is 6.54 Å². The lowest BCUT2D eigenvalue weighted by Crippen LogP contribution is -2.44. The first-order valence-electron chi connectivity index (χ1n) is 8.21. The van der Waals surface area contributed by atoms with Gasteiger partial charge in [-0.25, -0.2) is 4.79 Å². The van der Waals surface area contributed by atoms with Gasteiger partial charge in [-0.1, -0.05) is 42.7 Å². The normalized spacial score (nSPS) is 16.1. The molecule has 0 bridgehead atoms. The van der Waals surface area contributed by atoms with Crippen molar-refractivity contribution in [1.82, 2.24) is 10.2 Å². The highest BCUT2D eigenvalue weighted by molar-refractivity contribution is 5.75. The van der Waals surface area contributed by atoms with E-state index in [0.717, 1.165) is 12.8 Å². The minimum Gasteiger partial charge on any atom is -0.481 e. The summed E-state index contributed by atoms with van der Waals surface area (Å²) in [5.74, 6) is -0.892. The van der Waals surface area contributed by atoms with Crippen LogP contribution in [0, 0.1) is 6.92 Å². The van der Waals surface area contributed by atoms with E-state index < -0.39 is 5.97 Å². The maximum atomic E-state index is 12.2. The average molecular weight is 318 g/mol. The van der Waals surface area contributed by atoms with Gasteiger partial charge in [0.25, 0.3) is 0 Å². The van der Waals surface area contributed by atoms with Crippen LogP contribution in [0.25, 0.3) is 0 Å². The number of hydrogen-bond donors (Lipinski definition) is 2. The first-order chi connectivity index (χ1) is 10.9. The van der Waals surface area contributed by atoms with Crippen molar-refractivity contribution in [1.29, 1.82) is 0 Å². The van der Waals surface area contributed by atoms with Crippen molar-refractivity contribution in [3.63, 3.8) is 0 Å². The molecule has 2 rings (SSSR count). The number of aryl methyl sites for hydroxylation is 1. The number of carbonyl (C=O) groups is 2. The Morgan fingerprint density at radius 2 is 2.00 bits per heavy atom. The SMILES string of the molecule is Cc1cccc(C2(CNC(=O)N(C)CCC(=O)O)CCCC2)c1. The van der Waals surface area contributed by atoms with Gasteiger partial charge in [0.05, 0.1) is 6.42 Å². The topological polar surface area (TPSA) is 69.6 Å². The van der Waals surface area contributed by atoms with Crippen LogP contribution < -0.4 is 5.32 Å². The molecule has 0 atom stereocenters. The first kappa shape index (κ1) is 17.3. The summed E-state index contributed by atoms with van der Waals surface area (Å²) in [4.78, 5) is 24.2. The molecule has 2 N–H and O–H groups in total. The molecule has 1 aliphatic rings. The van der Waals surface area contributed by atoms with Gasteiger partial charge in [0.15, 0.2) is 0 Å². The van der Waals surface area contributed by atoms with Crippen LogP contribution in [0.15, 0.2) is 24.3 Å². The Morgan fingerprint density at radius 3 is 2.61 bits per heavy atom. The van der Waals surface area contributed by atoms with E-state index in [1.807, 2.05) is 0 Å². The molecule has 1 aliphatic carbocycles. The van der Waals surface area contributed by atoms with Gasteiger partial charge in [-0.2, -0.15) is 0 Å². The Balaban J connectivity index is 2.00. The van der Waals surface area contributed by atoms with Crippen molar-refractivity contribution >= 4 is 12.0 Å². The molecule has 0 radical (unpaired) electrons. The van der Waals surface area contributed by atoms with Crippen LogP contribution in [0.5, 0.6) is 0 Å². The fourth-order valence-corrected chi connectivity index (χ4v) is 3.34. The third-order valence-electron chi connectivity index (χ3n) is 4.78. The van der Waals surface area contributed by atoms with Gasteiger partial charge in [0.1, 0.15) is 0 Å². The molecule has 0 aromatic heterocycles. The fourth-order valence-electron chi connectivity index (χ4n) is 3.34. The maximum absolute atomic E-state index is 12.2. The van der Waals surface area contributed by atoms with Crippen LogP contribution in [0.4, 0.5) is 4.79 Å². The summed E-state index contributed by atoms with van der Waals surface area (Å²) < 4.78 is 0. The molecule has 2 amide bonds. The third kappa shape index (κ3) is 4.47. The minimum absolute atomic E-state index is 0.00924. The Bertz CT molecular complexity index is 565. The summed E-state index contributed by atoms with van der Waals surface area (Å²) >= 11 is 0. The smallest absolute Gasteiger partial charge is 0.317 e. The monoisotopic (exact) mass is 318 g/mol. The number of nitrogens with one attached hydrogen (secondary N) is 1. The van der Waals surface area contributed by atoms with Gasteiger partial charge in [-0.3, -0.25) is 4.79 Å². The maximum Gasteiger partial charge on any atom is 0.317 e. The van der Waals surface area contributed by atoms with Crippen molar-refractivity contribution in [2.24, 2.45) is 0 Å². The van der Waals surface area contributed by atoms with Gasteiger partial charge in [-0.05, 0) is 25.3 Å². The number of aliphatic carboxylic acids is 1. The predicted octanol–water partition coefficient (Wildman–Crippen LogP) is 2.92. The molecule has 0 unspecified atom stereocenters. The average Bonchev–Trinajstić information content (AvgIpc) is 3.00. The van der Waals surface area contributed by atoms with Crippen molar-refractivity contribution < 1.29 is 14.7 Å². The molecule has 5 heteroatoms. The number of carbonyl (C=O) groups excluding carboxylic acids is 1. The zero-order valence-electron chi connectivity index (χ0n) is 14.0. The number of carboxylic acids is 1. The van der Waals surface area contributed by atoms with Gasteiger partial charge < -0.3 is 15.3 Å². The van der Waals surface area contributed by atoms with Crippen LogP contribution >= 0.6 is 0 Å². The van der Waals surface area contributed by atoms with Crippen LogP contribution in [0.3, 0.4) is 0 Å². The zero-order chi connectivity index (χ0) is 16.9. The second kappa shape index (κ2) is 7.49. The molecule has 5 nitrogen and oxygen atoms in total. The summed E-state index contributed by atoms with van der Waals surface area (Å²) in [6.45, 7) is 2.91. The van der Waals surface area contributed by atoms with Gasteiger partial charge in [0.2, 0.25) is 0 Å². The van der Waals surface area contributed by atoms with Crippen LogP contribution in [-0.4, -0.2) is 42.1 Å². The lowest BCUT2D eigenvalue weighted by molar-refractivity contribution is -0.137. The summed E-state index contributed by atoms with van der Waals surface area (Å²) in [7, 11) is 1.63. The minimum atomic E-state index is -0.892. The van der Waals surface area contributed by atoms with E-state index in [1.54, 1.807) is 7.05 Å². The largest absolute Gasteiger partial charge is 0.481 e. The standard InChI is InChI=1S/C18H26N2O3/c1-14-6-5-7-15(12-14)18(9-3-4-10-18)13-19-17(23)20(2)11-8-16(21)22/h5-7,12H,3-4,8-11,13H2,1-2H3,(H,19,23)(H,21,22). The number of rotatable bonds is 6. The summed E-state index contributed by atoms with van der Waals surface area (Å²) in [5.41, 5.74) is 2.54. The second-order valence-electron chi connectivity index (χ2n) is 6.58. The van der Waals surface area contributed by atoms with Gasteiger partial charge in [0, 0.05) is 25.6 Å². The molecule has 1 fully saturated rings. The quantitative estimate of drug-likeness (QED) is 0.847. The van der Waals surface area contributed by atoms with Crippen LogP contribution in [0.1, 0.15) is 43.2 Å². The Labute approximate surface area is 137 Å². The molecular formula is C18H26N2O3. The molecular weight excluding hydrogens is 292 g/mol. The number of carboxylic acid groups (broad SMARTS) is 1. The first-order valence-corrected chi connectivity index (χ1v) is 8.21. The Kier molecular flexibility index (Phi) is 5.64. The number of urea groups is 1. The van der Waals surface area contributed by atoms with Crippen molar-refractivity contribution in [2.45, 2.75) is 44.4 Å². The van der Waals surface area contributed by atoms with Gasteiger partial charge in [-0.15, -0.1) is 0 Å². The van der Waals surface area contributed by atoms with E-state index in [2.05, 4.69) is 36.5 Å². The number of amides is 2. The highest BCUT2D eigenvalue weighted by atomic mass is 16.4. The highest BCUT2D eigenvalue weighted by Crippen LogP contribution is 2.40. The van der Waals surface area contributed by atoms with E-state index in [-0.39, 0.29) is 24.4 Å².